The lowest BCUT2D eigenvalue weighted by Crippen LogP contribution is -2.51. The second-order valence-electron chi connectivity index (χ2n) is 5.01. The fourth-order valence-electron chi connectivity index (χ4n) is 1.74. The Bertz CT molecular complexity index is 461. The lowest BCUT2D eigenvalue weighted by atomic mass is 10.0. The number of ether oxygens (including phenoxy) is 1. The van der Waals surface area contributed by atoms with E-state index in [9.17, 15) is 4.79 Å². The normalized spacial score (nSPS) is 11.3. The number of hydrogen-bond acceptors (Lipinski definition) is 3. The van der Waals surface area contributed by atoms with Gasteiger partial charge in [0.1, 0.15) is 5.75 Å². The monoisotopic (exact) mass is 328 g/mol. The number of carbonyl (C=O) groups is 1. The number of likely N-dealkylation sites (N-methyl/N-ethyl adjacent to an activating group) is 2. The molecule has 0 saturated carbocycles. The van der Waals surface area contributed by atoms with Gasteiger partial charge >= 0.3 is 0 Å². The molecule has 0 aliphatic heterocycles. The molecule has 1 N–H and O–H groups in total. The first-order valence-corrected chi connectivity index (χ1v) is 6.88. The fourth-order valence-corrected chi connectivity index (χ4v) is 2.33. The van der Waals surface area contributed by atoms with Crippen molar-refractivity contribution in [2.45, 2.75) is 25.9 Å². The Hall–Kier alpha value is -1.07. The van der Waals surface area contributed by atoms with Crippen LogP contribution in [0.1, 0.15) is 19.4 Å². The zero-order valence-corrected chi connectivity index (χ0v) is 13.7. The molecule has 0 radical (unpaired) electrons. The van der Waals surface area contributed by atoms with Crippen LogP contribution in [0.15, 0.2) is 22.7 Å². The zero-order valence-electron chi connectivity index (χ0n) is 12.1. The van der Waals surface area contributed by atoms with E-state index in [2.05, 4.69) is 21.2 Å². The first-order valence-electron chi connectivity index (χ1n) is 6.08. The van der Waals surface area contributed by atoms with Gasteiger partial charge in [-0.2, -0.15) is 0 Å². The number of hydrogen-bond donors (Lipinski definition) is 1. The lowest BCUT2D eigenvalue weighted by molar-refractivity contribution is -0.136. The molecule has 106 valence electrons. The smallest absolute Gasteiger partial charge is 0.242 e. The Morgan fingerprint density at radius 2 is 2.11 bits per heavy atom. The Labute approximate surface area is 123 Å². The molecule has 5 heteroatoms. The predicted molar refractivity (Wildman–Crippen MR) is 80.3 cm³/mol. The number of halogens is 1. The van der Waals surface area contributed by atoms with Crippen molar-refractivity contribution in [1.29, 1.82) is 0 Å². The van der Waals surface area contributed by atoms with Crippen molar-refractivity contribution in [3.8, 4) is 5.75 Å². The van der Waals surface area contributed by atoms with E-state index in [1.165, 1.54) is 0 Å². The summed E-state index contributed by atoms with van der Waals surface area (Å²) in [5, 5.41) is 3.02. The Morgan fingerprint density at radius 3 is 2.58 bits per heavy atom. The van der Waals surface area contributed by atoms with Gasteiger partial charge in [-0.1, -0.05) is 6.07 Å². The lowest BCUT2D eigenvalue weighted by Gasteiger charge is -2.29. The van der Waals surface area contributed by atoms with Crippen LogP contribution in [0.25, 0.3) is 0 Å². The Balaban J connectivity index is 2.80. The van der Waals surface area contributed by atoms with E-state index >= 15 is 0 Å². The first kappa shape index (κ1) is 16.0. The van der Waals surface area contributed by atoms with Gasteiger partial charge < -0.3 is 15.0 Å². The minimum absolute atomic E-state index is 0.0574. The number of amides is 1. The fraction of sp³-hybridized carbons (Fsp3) is 0.500. The average Bonchev–Trinajstić information content (AvgIpc) is 2.38. The van der Waals surface area contributed by atoms with E-state index in [-0.39, 0.29) is 5.91 Å². The SMILES string of the molecule is CNC(C)(C)C(=O)N(C)Cc1ccc(OC)c(Br)c1. The third-order valence-corrected chi connectivity index (χ3v) is 3.76. The molecule has 0 unspecified atom stereocenters. The minimum Gasteiger partial charge on any atom is -0.496 e. The Kier molecular flexibility index (Phi) is 5.38. The van der Waals surface area contributed by atoms with E-state index in [4.69, 9.17) is 4.74 Å². The number of benzene rings is 1. The molecule has 0 heterocycles. The summed E-state index contributed by atoms with van der Waals surface area (Å²) >= 11 is 3.45. The van der Waals surface area contributed by atoms with Gasteiger partial charge in [0.25, 0.3) is 0 Å². The van der Waals surface area contributed by atoms with Crippen LogP contribution in [-0.4, -0.2) is 37.6 Å². The van der Waals surface area contributed by atoms with Crippen LogP contribution in [0.4, 0.5) is 0 Å². The molecule has 1 aromatic rings. The molecule has 1 aromatic carbocycles. The van der Waals surface area contributed by atoms with Crippen molar-refractivity contribution in [3.63, 3.8) is 0 Å². The maximum absolute atomic E-state index is 12.2. The molecule has 0 saturated heterocycles. The van der Waals surface area contributed by atoms with E-state index in [0.29, 0.717) is 6.54 Å². The van der Waals surface area contributed by atoms with Gasteiger partial charge in [-0.25, -0.2) is 0 Å². The number of nitrogens with zero attached hydrogens (tertiary/aromatic N) is 1. The first-order chi connectivity index (χ1) is 8.81. The molecule has 0 bridgehead atoms. The number of nitrogens with one attached hydrogen (secondary N) is 1. The number of carbonyl (C=O) groups excluding carboxylic acids is 1. The second-order valence-corrected chi connectivity index (χ2v) is 5.86. The average molecular weight is 329 g/mol. The number of methoxy groups -OCH3 is 1. The van der Waals surface area contributed by atoms with Crippen LogP contribution < -0.4 is 10.1 Å². The van der Waals surface area contributed by atoms with E-state index in [0.717, 1.165) is 15.8 Å². The molecule has 0 aliphatic rings. The van der Waals surface area contributed by atoms with Crippen LogP contribution in [0.5, 0.6) is 5.75 Å². The summed E-state index contributed by atoms with van der Waals surface area (Å²) in [4.78, 5) is 13.9. The highest BCUT2D eigenvalue weighted by Crippen LogP contribution is 2.26. The van der Waals surface area contributed by atoms with Crippen LogP contribution in [0.3, 0.4) is 0 Å². The second kappa shape index (κ2) is 6.39. The quantitative estimate of drug-likeness (QED) is 0.902. The summed E-state index contributed by atoms with van der Waals surface area (Å²) in [6.07, 6.45) is 0. The van der Waals surface area contributed by atoms with Gasteiger partial charge in [-0.15, -0.1) is 0 Å². The molecule has 0 fully saturated rings. The van der Waals surface area contributed by atoms with Crippen LogP contribution in [0.2, 0.25) is 0 Å². The molecule has 1 rings (SSSR count). The molecule has 0 aromatic heterocycles. The van der Waals surface area contributed by atoms with Gasteiger partial charge in [0.15, 0.2) is 0 Å². The van der Waals surface area contributed by atoms with Crippen LogP contribution >= 0.6 is 15.9 Å². The molecule has 4 nitrogen and oxygen atoms in total. The van der Waals surface area contributed by atoms with Crippen molar-refractivity contribution in [2.24, 2.45) is 0 Å². The van der Waals surface area contributed by atoms with Crippen molar-refractivity contribution < 1.29 is 9.53 Å². The topological polar surface area (TPSA) is 41.6 Å². The summed E-state index contributed by atoms with van der Waals surface area (Å²) in [7, 11) is 5.22. The summed E-state index contributed by atoms with van der Waals surface area (Å²) < 4.78 is 6.08. The predicted octanol–water partition coefficient (Wildman–Crippen LogP) is 2.41. The molecular weight excluding hydrogens is 308 g/mol. The molecule has 1 amide bonds. The van der Waals surface area contributed by atoms with Crippen molar-refractivity contribution in [3.05, 3.63) is 28.2 Å². The molecular formula is C14H21BrN2O2. The van der Waals surface area contributed by atoms with Crippen molar-refractivity contribution >= 4 is 21.8 Å². The molecule has 19 heavy (non-hydrogen) atoms. The summed E-state index contributed by atoms with van der Waals surface area (Å²) in [5.74, 6) is 0.843. The van der Waals surface area contributed by atoms with Gasteiger partial charge in [0, 0.05) is 13.6 Å². The third-order valence-electron chi connectivity index (χ3n) is 3.14. The molecule has 0 atom stereocenters. The van der Waals surface area contributed by atoms with Gasteiger partial charge in [-0.05, 0) is 54.5 Å². The summed E-state index contributed by atoms with van der Waals surface area (Å²) in [6.45, 7) is 4.30. The Morgan fingerprint density at radius 1 is 1.47 bits per heavy atom. The molecule has 0 aliphatic carbocycles. The standard InChI is InChI=1S/C14H21BrN2O2/c1-14(2,16-3)13(18)17(4)9-10-6-7-12(19-5)11(15)8-10/h6-8,16H,9H2,1-5H3. The minimum atomic E-state index is -0.557. The third kappa shape index (κ3) is 3.94. The van der Waals surface area contributed by atoms with Crippen LogP contribution in [0, 0.1) is 0 Å². The van der Waals surface area contributed by atoms with Crippen LogP contribution in [-0.2, 0) is 11.3 Å². The van der Waals surface area contributed by atoms with Crippen molar-refractivity contribution in [2.75, 3.05) is 21.2 Å². The largest absolute Gasteiger partial charge is 0.496 e. The van der Waals surface area contributed by atoms with E-state index < -0.39 is 5.54 Å². The van der Waals surface area contributed by atoms with E-state index in [1.54, 1.807) is 26.1 Å². The molecule has 0 spiro atoms. The summed E-state index contributed by atoms with van der Waals surface area (Å²) in [6, 6.07) is 5.82. The maximum Gasteiger partial charge on any atom is 0.242 e. The van der Waals surface area contributed by atoms with Gasteiger partial charge in [-0.3, -0.25) is 4.79 Å². The number of rotatable bonds is 5. The van der Waals surface area contributed by atoms with Gasteiger partial charge in [0.2, 0.25) is 5.91 Å². The van der Waals surface area contributed by atoms with Crippen molar-refractivity contribution in [1.82, 2.24) is 10.2 Å². The maximum atomic E-state index is 12.2. The van der Waals surface area contributed by atoms with Gasteiger partial charge in [0.05, 0.1) is 17.1 Å². The highest BCUT2D eigenvalue weighted by atomic mass is 79.9. The highest BCUT2D eigenvalue weighted by molar-refractivity contribution is 9.10. The van der Waals surface area contributed by atoms with E-state index in [1.807, 2.05) is 32.0 Å². The summed E-state index contributed by atoms with van der Waals surface area (Å²) in [5.41, 5.74) is 0.494. The zero-order chi connectivity index (χ0) is 14.6. The highest BCUT2D eigenvalue weighted by Gasteiger charge is 2.28.